The van der Waals surface area contributed by atoms with Crippen LogP contribution in [-0.4, -0.2) is 34.7 Å². The number of carboxylic acid groups (broad SMARTS) is 1. The van der Waals surface area contributed by atoms with E-state index in [1.165, 1.54) is 6.21 Å². The van der Waals surface area contributed by atoms with E-state index in [1.54, 1.807) is 31.2 Å². The van der Waals surface area contributed by atoms with Gasteiger partial charge in [-0.15, -0.1) is 10.2 Å². The van der Waals surface area contributed by atoms with Gasteiger partial charge in [0, 0.05) is 0 Å². The lowest BCUT2D eigenvalue weighted by Crippen LogP contribution is -2.35. The highest BCUT2D eigenvalue weighted by Crippen LogP contribution is 2.34. The van der Waals surface area contributed by atoms with Gasteiger partial charge in [-0.1, -0.05) is 56.1 Å². The highest BCUT2D eigenvalue weighted by Gasteiger charge is 2.43. The Bertz CT molecular complexity index is 648. The van der Waals surface area contributed by atoms with Crippen molar-refractivity contribution in [1.82, 2.24) is 0 Å². The molecule has 122 valence electrons. The third-order valence-corrected chi connectivity index (χ3v) is 5.93. The molecule has 0 spiro atoms. The third-order valence-electron chi connectivity index (χ3n) is 3.25. The van der Waals surface area contributed by atoms with E-state index in [2.05, 4.69) is 47.3 Å². The Morgan fingerprint density at radius 1 is 1.30 bits per heavy atom. The minimum absolute atomic E-state index is 0.218. The molecule has 1 aromatic rings. The second-order valence-electron chi connectivity index (χ2n) is 4.68. The van der Waals surface area contributed by atoms with Gasteiger partial charge in [0.1, 0.15) is 4.83 Å². The van der Waals surface area contributed by atoms with Crippen LogP contribution in [0, 0.1) is 0 Å². The summed E-state index contributed by atoms with van der Waals surface area (Å²) in [5.41, 5.74) is -0.0912. The zero-order chi connectivity index (χ0) is 17.0. The summed E-state index contributed by atoms with van der Waals surface area (Å²) < 4.78 is 5.05. The van der Waals surface area contributed by atoms with Crippen LogP contribution in [0.3, 0.4) is 0 Å². The number of ether oxygens (including phenoxy) is 1. The molecule has 1 aliphatic rings. The largest absolute Gasteiger partial charge is 0.480 e. The van der Waals surface area contributed by atoms with Gasteiger partial charge in [-0.3, -0.25) is 4.79 Å². The van der Waals surface area contributed by atoms with Crippen LogP contribution >= 0.6 is 31.9 Å². The molecular formula is C14H13Br2N3O4. The molecule has 0 radical (unpaired) electrons. The van der Waals surface area contributed by atoms with E-state index in [9.17, 15) is 9.59 Å². The zero-order valence-electron chi connectivity index (χ0n) is 12.0. The molecule has 23 heavy (non-hydrogen) atoms. The van der Waals surface area contributed by atoms with Gasteiger partial charge in [0.05, 0.1) is 17.6 Å². The van der Waals surface area contributed by atoms with Gasteiger partial charge in [-0.2, -0.15) is 0 Å². The van der Waals surface area contributed by atoms with Crippen LogP contribution < -0.4 is 0 Å². The van der Waals surface area contributed by atoms with E-state index in [0.29, 0.717) is 5.56 Å². The number of esters is 1. The van der Waals surface area contributed by atoms with Crippen LogP contribution in [0.2, 0.25) is 0 Å². The monoisotopic (exact) mass is 445 g/mol. The molecule has 0 aliphatic carbocycles. The fraction of sp³-hybridized carbons (Fsp3) is 0.357. The Balaban J connectivity index is 2.31. The molecule has 0 amide bonds. The molecule has 2 rings (SSSR count). The second-order valence-corrected chi connectivity index (χ2v) is 6.66. The second kappa shape index (κ2) is 7.31. The number of halogens is 2. The normalized spacial score (nSPS) is 21.9. The standard InChI is InChI=1S/C14H13Br2N3O4/c1-2-23-13(22)14(7-17-19-18-14)9-5-3-8(4-6-9)10(15)11(16)12(20)21/h3-7,10-11H,2H2,1H3,(H,20,21). The van der Waals surface area contributed by atoms with E-state index >= 15 is 0 Å². The number of carbonyl (C=O) groups excluding carboxylic acids is 1. The van der Waals surface area contributed by atoms with Crippen molar-refractivity contribution < 1.29 is 19.4 Å². The number of hydrogen-bond donors (Lipinski definition) is 1. The quantitative estimate of drug-likeness (QED) is 0.535. The van der Waals surface area contributed by atoms with Crippen LogP contribution in [-0.2, 0) is 19.9 Å². The summed E-state index contributed by atoms with van der Waals surface area (Å²) in [6.07, 6.45) is 1.33. The zero-order valence-corrected chi connectivity index (χ0v) is 15.2. The van der Waals surface area contributed by atoms with E-state index in [4.69, 9.17) is 9.84 Å². The van der Waals surface area contributed by atoms with Crippen molar-refractivity contribution in [3.05, 3.63) is 35.4 Å². The van der Waals surface area contributed by atoms with Crippen molar-refractivity contribution in [2.45, 2.75) is 22.1 Å². The fourth-order valence-electron chi connectivity index (χ4n) is 2.03. The molecule has 9 heteroatoms. The molecule has 0 aromatic heterocycles. The maximum atomic E-state index is 12.2. The van der Waals surface area contributed by atoms with Gasteiger partial charge < -0.3 is 9.84 Å². The predicted octanol–water partition coefficient (Wildman–Crippen LogP) is 3.18. The SMILES string of the molecule is CCOC(=O)C1(c2ccc(C(Br)C(Br)C(=O)O)cc2)C=NN=N1. The lowest BCUT2D eigenvalue weighted by atomic mass is 9.91. The van der Waals surface area contributed by atoms with Gasteiger partial charge in [0.2, 0.25) is 5.54 Å². The summed E-state index contributed by atoms with van der Waals surface area (Å²) in [6.45, 7) is 1.92. The maximum Gasteiger partial charge on any atom is 0.346 e. The molecule has 0 bridgehead atoms. The van der Waals surface area contributed by atoms with E-state index in [0.717, 1.165) is 5.56 Å². The van der Waals surface area contributed by atoms with Crippen molar-refractivity contribution in [3.8, 4) is 0 Å². The average molecular weight is 447 g/mol. The van der Waals surface area contributed by atoms with Crippen LogP contribution in [0.5, 0.6) is 0 Å². The molecule has 0 fully saturated rings. The minimum atomic E-state index is -1.38. The first-order chi connectivity index (χ1) is 10.9. The average Bonchev–Trinajstić information content (AvgIpc) is 3.04. The molecule has 1 aromatic carbocycles. The Hall–Kier alpha value is -1.61. The molecular weight excluding hydrogens is 434 g/mol. The van der Waals surface area contributed by atoms with E-state index in [1.807, 2.05) is 0 Å². The first-order valence-corrected chi connectivity index (χ1v) is 8.50. The highest BCUT2D eigenvalue weighted by atomic mass is 79.9. The minimum Gasteiger partial charge on any atom is -0.480 e. The highest BCUT2D eigenvalue weighted by molar-refractivity contribution is 9.12. The Morgan fingerprint density at radius 3 is 2.43 bits per heavy atom. The van der Waals surface area contributed by atoms with Crippen molar-refractivity contribution in [3.63, 3.8) is 0 Å². The summed E-state index contributed by atoms with van der Waals surface area (Å²) in [6, 6.07) is 6.79. The van der Waals surface area contributed by atoms with Gasteiger partial charge in [0.25, 0.3) is 0 Å². The van der Waals surface area contributed by atoms with E-state index < -0.39 is 27.1 Å². The maximum absolute atomic E-state index is 12.2. The van der Waals surface area contributed by atoms with Gasteiger partial charge in [0.15, 0.2) is 0 Å². The number of rotatable bonds is 6. The molecule has 1 heterocycles. The lowest BCUT2D eigenvalue weighted by molar-refractivity contribution is -0.147. The third kappa shape index (κ3) is 3.50. The van der Waals surface area contributed by atoms with Crippen LogP contribution in [0.15, 0.2) is 39.7 Å². The first-order valence-electron chi connectivity index (χ1n) is 6.67. The molecule has 7 nitrogen and oxygen atoms in total. The number of nitrogens with zero attached hydrogens (tertiary/aromatic N) is 3. The summed E-state index contributed by atoms with van der Waals surface area (Å²) >= 11 is 6.45. The Kier molecular flexibility index (Phi) is 5.64. The number of aliphatic carboxylic acids is 1. The van der Waals surface area contributed by atoms with Crippen molar-refractivity contribution in [2.24, 2.45) is 15.4 Å². The van der Waals surface area contributed by atoms with Crippen LogP contribution in [0.1, 0.15) is 22.9 Å². The number of carbonyl (C=O) groups is 2. The molecule has 0 saturated carbocycles. The molecule has 3 atom stereocenters. The Morgan fingerprint density at radius 2 is 1.96 bits per heavy atom. The summed E-state index contributed by atoms with van der Waals surface area (Å²) in [4.78, 5) is 22.0. The first kappa shape index (κ1) is 17.7. The number of hydrogen-bond acceptors (Lipinski definition) is 6. The smallest absolute Gasteiger partial charge is 0.346 e. The van der Waals surface area contributed by atoms with Crippen LogP contribution in [0.25, 0.3) is 0 Å². The number of benzene rings is 1. The predicted molar refractivity (Wildman–Crippen MR) is 90.1 cm³/mol. The van der Waals surface area contributed by atoms with Gasteiger partial charge in [-0.05, 0) is 23.3 Å². The summed E-state index contributed by atoms with van der Waals surface area (Å²) in [5, 5.41) is 20.1. The van der Waals surface area contributed by atoms with Crippen molar-refractivity contribution >= 4 is 50.0 Å². The topological polar surface area (TPSA) is 101 Å². The summed E-state index contributed by atoms with van der Waals surface area (Å²) in [7, 11) is 0. The van der Waals surface area contributed by atoms with Gasteiger partial charge >= 0.3 is 11.9 Å². The molecule has 1 N–H and O–H groups in total. The van der Waals surface area contributed by atoms with Crippen molar-refractivity contribution in [2.75, 3.05) is 6.61 Å². The molecule has 0 saturated heterocycles. The molecule has 3 unspecified atom stereocenters. The molecule has 1 aliphatic heterocycles. The lowest BCUT2D eigenvalue weighted by Gasteiger charge is -2.20. The fourth-order valence-corrected chi connectivity index (χ4v) is 2.87. The van der Waals surface area contributed by atoms with E-state index in [-0.39, 0.29) is 6.61 Å². The number of carboxylic acids is 1. The van der Waals surface area contributed by atoms with Crippen molar-refractivity contribution in [1.29, 1.82) is 0 Å². The van der Waals surface area contributed by atoms with Gasteiger partial charge in [-0.25, -0.2) is 4.79 Å². The number of alkyl halides is 2. The summed E-state index contributed by atoms with van der Waals surface area (Å²) in [5.74, 6) is -1.53. The van der Waals surface area contributed by atoms with Crippen LogP contribution in [0.4, 0.5) is 0 Å². The Labute approximate surface area is 149 Å².